The minimum Gasteiger partial charge on any atom is -0.383 e. The Balaban J connectivity index is 2.86. The molecule has 0 spiro atoms. The van der Waals surface area contributed by atoms with Crippen molar-refractivity contribution in [3.05, 3.63) is 33.8 Å². The third-order valence-electron chi connectivity index (χ3n) is 2.38. The summed E-state index contributed by atoms with van der Waals surface area (Å²) in [7, 11) is 0. The molecule has 0 amide bonds. The summed E-state index contributed by atoms with van der Waals surface area (Å²) in [5.41, 5.74) is 7.46. The molecule has 1 heterocycles. The predicted molar refractivity (Wildman–Crippen MR) is 65.6 cm³/mol. The average Bonchev–Trinajstić information content (AvgIpc) is 2.23. The van der Waals surface area contributed by atoms with Gasteiger partial charge in [-0.15, -0.1) is 0 Å². The van der Waals surface area contributed by atoms with Gasteiger partial charge in [0.05, 0.1) is 15.6 Å². The molecule has 0 saturated carbocycles. The number of nitrogens with two attached hydrogens (primary N) is 1. The van der Waals surface area contributed by atoms with Crippen LogP contribution < -0.4 is 5.73 Å². The first-order chi connectivity index (χ1) is 7.13. The molecule has 0 saturated heterocycles. The molecular weight excluding hydrogens is 231 g/mol. The first-order valence-electron chi connectivity index (χ1n) is 4.66. The van der Waals surface area contributed by atoms with E-state index < -0.39 is 0 Å². The van der Waals surface area contributed by atoms with E-state index in [1.165, 1.54) is 0 Å². The lowest BCUT2D eigenvalue weighted by Gasteiger charge is -2.07. The van der Waals surface area contributed by atoms with Crippen LogP contribution in [0.1, 0.15) is 12.5 Å². The summed E-state index contributed by atoms with van der Waals surface area (Å²) in [5.74, 6) is 0.522. The molecule has 0 aliphatic rings. The molecule has 0 aliphatic heterocycles. The Morgan fingerprint density at radius 3 is 2.60 bits per heavy atom. The molecule has 2 rings (SSSR count). The van der Waals surface area contributed by atoms with Crippen LogP contribution in [0.4, 0.5) is 5.82 Å². The van der Waals surface area contributed by atoms with Gasteiger partial charge in [0.25, 0.3) is 0 Å². The summed E-state index contributed by atoms with van der Waals surface area (Å²) >= 11 is 12.1. The van der Waals surface area contributed by atoms with Gasteiger partial charge < -0.3 is 5.73 Å². The minimum absolute atomic E-state index is 0.522. The van der Waals surface area contributed by atoms with Crippen molar-refractivity contribution >= 4 is 39.9 Å². The van der Waals surface area contributed by atoms with Gasteiger partial charge in [0, 0.05) is 5.39 Å². The van der Waals surface area contributed by atoms with Crippen molar-refractivity contribution in [3.63, 3.8) is 0 Å². The second kappa shape index (κ2) is 3.87. The van der Waals surface area contributed by atoms with Crippen LogP contribution in [0.2, 0.25) is 10.0 Å². The molecule has 15 heavy (non-hydrogen) atoms. The van der Waals surface area contributed by atoms with Crippen molar-refractivity contribution in [2.45, 2.75) is 13.3 Å². The minimum atomic E-state index is 0.522. The van der Waals surface area contributed by atoms with E-state index in [4.69, 9.17) is 28.9 Å². The topological polar surface area (TPSA) is 38.9 Å². The van der Waals surface area contributed by atoms with Crippen LogP contribution in [-0.2, 0) is 6.42 Å². The Labute approximate surface area is 98.0 Å². The lowest BCUT2D eigenvalue weighted by atomic mass is 10.1. The number of benzene rings is 1. The Morgan fingerprint density at radius 2 is 1.93 bits per heavy atom. The molecule has 4 heteroatoms. The largest absolute Gasteiger partial charge is 0.383 e. The summed E-state index contributed by atoms with van der Waals surface area (Å²) in [6.07, 6.45) is 0.831. The van der Waals surface area contributed by atoms with Gasteiger partial charge in [0.1, 0.15) is 5.82 Å². The first kappa shape index (κ1) is 10.5. The maximum atomic E-state index is 6.07. The van der Waals surface area contributed by atoms with E-state index in [2.05, 4.69) is 4.98 Å². The molecule has 0 unspecified atom stereocenters. The number of nitrogen functional groups attached to an aromatic ring is 1. The van der Waals surface area contributed by atoms with Crippen molar-refractivity contribution in [2.24, 2.45) is 0 Å². The molecular formula is C11H10Cl2N2. The van der Waals surface area contributed by atoms with Gasteiger partial charge >= 0.3 is 0 Å². The van der Waals surface area contributed by atoms with Crippen LogP contribution in [0.5, 0.6) is 0 Å². The number of halogens is 2. The number of aromatic nitrogens is 1. The summed E-state index contributed by atoms with van der Waals surface area (Å²) < 4.78 is 0. The number of aryl methyl sites for hydroxylation is 1. The highest BCUT2D eigenvalue weighted by Gasteiger charge is 2.08. The third-order valence-corrected chi connectivity index (χ3v) is 3.01. The van der Waals surface area contributed by atoms with E-state index in [1.807, 2.05) is 13.0 Å². The fraction of sp³-hybridized carbons (Fsp3) is 0.182. The van der Waals surface area contributed by atoms with Crippen molar-refractivity contribution in [1.29, 1.82) is 0 Å². The molecule has 0 radical (unpaired) electrons. The highest BCUT2D eigenvalue weighted by Crippen LogP contribution is 2.30. The summed E-state index contributed by atoms with van der Waals surface area (Å²) in [6, 6.07) is 5.44. The number of hydrogen-bond acceptors (Lipinski definition) is 2. The van der Waals surface area contributed by atoms with Crippen molar-refractivity contribution < 1.29 is 0 Å². The van der Waals surface area contributed by atoms with Gasteiger partial charge in [-0.3, -0.25) is 0 Å². The van der Waals surface area contributed by atoms with Crippen LogP contribution >= 0.6 is 23.2 Å². The second-order valence-electron chi connectivity index (χ2n) is 3.31. The van der Waals surface area contributed by atoms with Gasteiger partial charge in [-0.1, -0.05) is 30.1 Å². The SMILES string of the molecule is CCc1cc2c(Cl)ccc(Cl)c2nc1N. The molecule has 2 aromatic rings. The standard InChI is InChI=1S/C11H10Cl2N2/c1-2-6-5-7-8(12)3-4-9(13)10(7)15-11(6)14/h3-5H,2H2,1H3,(H2,14,15). The van der Waals surface area contributed by atoms with Gasteiger partial charge in [-0.25, -0.2) is 4.98 Å². The van der Waals surface area contributed by atoms with Crippen molar-refractivity contribution in [1.82, 2.24) is 4.98 Å². The molecule has 0 atom stereocenters. The zero-order valence-corrected chi connectivity index (χ0v) is 9.73. The second-order valence-corrected chi connectivity index (χ2v) is 4.13. The monoisotopic (exact) mass is 240 g/mol. The Morgan fingerprint density at radius 1 is 1.27 bits per heavy atom. The van der Waals surface area contributed by atoms with E-state index in [-0.39, 0.29) is 0 Å². The number of rotatable bonds is 1. The Hall–Kier alpha value is -0.990. The lowest BCUT2D eigenvalue weighted by molar-refractivity contribution is 1.13. The molecule has 1 aromatic carbocycles. The third kappa shape index (κ3) is 1.75. The van der Waals surface area contributed by atoms with Gasteiger partial charge in [0.2, 0.25) is 0 Å². The van der Waals surface area contributed by atoms with Crippen LogP contribution in [-0.4, -0.2) is 4.98 Å². The molecule has 0 fully saturated rings. The number of hydrogen-bond donors (Lipinski definition) is 1. The average molecular weight is 241 g/mol. The molecule has 2 nitrogen and oxygen atoms in total. The quantitative estimate of drug-likeness (QED) is 0.826. The van der Waals surface area contributed by atoms with Crippen LogP contribution in [0, 0.1) is 0 Å². The normalized spacial score (nSPS) is 10.9. The Kier molecular flexibility index (Phi) is 2.72. The highest BCUT2D eigenvalue weighted by molar-refractivity contribution is 6.39. The maximum Gasteiger partial charge on any atom is 0.127 e. The lowest BCUT2D eigenvalue weighted by Crippen LogP contribution is -1.97. The molecule has 2 N–H and O–H groups in total. The zero-order chi connectivity index (χ0) is 11.0. The fourth-order valence-corrected chi connectivity index (χ4v) is 1.95. The summed E-state index contributed by atoms with van der Waals surface area (Å²) in [4.78, 5) is 4.27. The van der Waals surface area contributed by atoms with Gasteiger partial charge in [-0.2, -0.15) is 0 Å². The molecule has 0 aliphatic carbocycles. The molecule has 78 valence electrons. The van der Waals surface area contributed by atoms with E-state index in [9.17, 15) is 0 Å². The first-order valence-corrected chi connectivity index (χ1v) is 5.42. The predicted octanol–water partition coefficient (Wildman–Crippen LogP) is 3.69. The Bertz CT molecular complexity index is 523. The fourth-order valence-electron chi connectivity index (χ4n) is 1.53. The number of fused-ring (bicyclic) bond motifs is 1. The van der Waals surface area contributed by atoms with Gasteiger partial charge in [0.15, 0.2) is 0 Å². The van der Waals surface area contributed by atoms with Crippen LogP contribution in [0.25, 0.3) is 10.9 Å². The smallest absolute Gasteiger partial charge is 0.127 e. The highest BCUT2D eigenvalue weighted by atomic mass is 35.5. The summed E-state index contributed by atoms with van der Waals surface area (Å²) in [5, 5.41) is 2.08. The van der Waals surface area contributed by atoms with E-state index >= 15 is 0 Å². The number of anilines is 1. The van der Waals surface area contributed by atoms with Crippen molar-refractivity contribution in [3.8, 4) is 0 Å². The van der Waals surface area contributed by atoms with E-state index in [0.717, 1.165) is 17.4 Å². The summed E-state index contributed by atoms with van der Waals surface area (Å²) in [6.45, 7) is 2.03. The van der Waals surface area contributed by atoms with E-state index in [1.54, 1.807) is 12.1 Å². The van der Waals surface area contributed by atoms with E-state index in [0.29, 0.717) is 21.4 Å². The van der Waals surface area contributed by atoms with Crippen LogP contribution in [0.3, 0.4) is 0 Å². The number of nitrogens with zero attached hydrogens (tertiary/aromatic N) is 1. The molecule has 1 aromatic heterocycles. The van der Waals surface area contributed by atoms with Crippen molar-refractivity contribution in [2.75, 3.05) is 5.73 Å². The maximum absolute atomic E-state index is 6.07. The van der Waals surface area contributed by atoms with Crippen LogP contribution in [0.15, 0.2) is 18.2 Å². The number of pyridine rings is 1. The molecule has 0 bridgehead atoms. The van der Waals surface area contributed by atoms with Gasteiger partial charge in [-0.05, 0) is 30.2 Å². The zero-order valence-electron chi connectivity index (χ0n) is 8.22.